The molecule has 0 aromatic carbocycles. The van der Waals surface area contributed by atoms with Crippen molar-refractivity contribution in [2.45, 2.75) is 300 Å². The number of unbranched alkanes of at least 4 members (excludes halogenated alkanes) is 33. The lowest BCUT2D eigenvalue weighted by Crippen LogP contribution is -2.60. The fourth-order valence-corrected chi connectivity index (χ4v) is 8.61. The SMILES string of the molecule is CCCCCCCCCCCCCCCCCCCCCCCCCC(=O)N[C@@H](COC1OC(CO)[C@H](O)[C@H](O)[C@@H]1O)[C@H](O)[C@H](O)CCCCCCCCCCCCCC. The molecule has 1 aliphatic heterocycles. The fraction of sp³-hybridized carbons (Fsp3) is 0.980. The van der Waals surface area contributed by atoms with Crippen molar-refractivity contribution in [2.75, 3.05) is 13.2 Å². The van der Waals surface area contributed by atoms with E-state index in [1.807, 2.05) is 0 Å². The molecule has 0 aliphatic carbocycles. The molecule has 0 bridgehead atoms. The number of aliphatic hydroxyl groups excluding tert-OH is 6. The molecule has 10 heteroatoms. The molecule has 8 atom stereocenters. The van der Waals surface area contributed by atoms with Crippen LogP contribution in [-0.4, -0.2) is 98.7 Å². The molecule has 358 valence electrons. The smallest absolute Gasteiger partial charge is 0.220 e. The van der Waals surface area contributed by atoms with Gasteiger partial charge in [-0.05, 0) is 12.8 Å². The van der Waals surface area contributed by atoms with Gasteiger partial charge in [0.1, 0.15) is 30.5 Å². The summed E-state index contributed by atoms with van der Waals surface area (Å²) in [6, 6.07) is -0.985. The van der Waals surface area contributed by atoms with Crippen LogP contribution in [0.15, 0.2) is 0 Å². The Bertz CT molecular complexity index is 926. The zero-order valence-electron chi connectivity index (χ0n) is 39.1. The molecule has 0 saturated carbocycles. The summed E-state index contributed by atoms with van der Waals surface area (Å²) in [7, 11) is 0. The van der Waals surface area contributed by atoms with Crippen molar-refractivity contribution in [3.05, 3.63) is 0 Å². The van der Waals surface area contributed by atoms with Crippen LogP contribution in [0.1, 0.15) is 251 Å². The van der Waals surface area contributed by atoms with Crippen molar-refractivity contribution in [1.29, 1.82) is 0 Å². The third-order valence-corrected chi connectivity index (χ3v) is 12.8. The van der Waals surface area contributed by atoms with E-state index in [0.717, 1.165) is 38.5 Å². The Kier molecular flexibility index (Phi) is 39.0. The maximum absolute atomic E-state index is 13.0. The first kappa shape index (κ1) is 57.2. The highest BCUT2D eigenvalue weighted by Gasteiger charge is 2.44. The van der Waals surface area contributed by atoms with E-state index in [9.17, 15) is 35.4 Å². The predicted octanol–water partition coefficient (Wildman–Crippen LogP) is 10.5. The number of carbonyl (C=O) groups excluding carboxylic acids is 1. The predicted molar refractivity (Wildman–Crippen MR) is 246 cm³/mol. The first-order valence-corrected chi connectivity index (χ1v) is 25.8. The van der Waals surface area contributed by atoms with Crippen molar-refractivity contribution in [3.63, 3.8) is 0 Å². The molecule has 1 rings (SSSR count). The van der Waals surface area contributed by atoms with Crippen LogP contribution in [0.2, 0.25) is 0 Å². The number of carbonyl (C=O) groups is 1. The average molecular weight is 858 g/mol. The van der Waals surface area contributed by atoms with E-state index in [4.69, 9.17) is 9.47 Å². The summed E-state index contributed by atoms with van der Waals surface area (Å²) < 4.78 is 11.2. The lowest BCUT2D eigenvalue weighted by molar-refractivity contribution is -0.303. The molecule has 60 heavy (non-hydrogen) atoms. The van der Waals surface area contributed by atoms with Crippen LogP contribution in [0.25, 0.3) is 0 Å². The molecule has 1 amide bonds. The Morgan fingerprint density at radius 1 is 0.517 bits per heavy atom. The quantitative estimate of drug-likeness (QED) is 0.0295. The lowest BCUT2D eigenvalue weighted by Gasteiger charge is -2.40. The second-order valence-electron chi connectivity index (χ2n) is 18.5. The van der Waals surface area contributed by atoms with Gasteiger partial charge in [-0.1, -0.05) is 232 Å². The maximum atomic E-state index is 13.0. The van der Waals surface area contributed by atoms with E-state index in [1.165, 1.54) is 186 Å². The standard InChI is InChI=1S/C50H99NO9/c1-3-5-7-9-11-13-15-17-18-19-20-21-22-23-24-25-26-27-29-31-33-35-37-39-45(54)51-42(41-59-50-49(58)48(57)47(56)44(40-52)60-50)46(55)43(53)38-36-34-32-30-28-16-14-12-10-8-6-4-2/h42-44,46-50,52-53,55-58H,3-41H2,1-2H3,(H,51,54)/t42-,43+,44?,46-,47-,48-,49-,50?/m0/s1. The molecular weight excluding hydrogens is 759 g/mol. The molecule has 1 saturated heterocycles. The second kappa shape index (κ2) is 40.9. The molecule has 0 spiro atoms. The average Bonchev–Trinajstić information content (AvgIpc) is 3.25. The monoisotopic (exact) mass is 858 g/mol. The van der Waals surface area contributed by atoms with Crippen molar-refractivity contribution in [1.82, 2.24) is 5.32 Å². The highest BCUT2D eigenvalue weighted by Crippen LogP contribution is 2.23. The summed E-state index contributed by atoms with van der Waals surface area (Å²) >= 11 is 0. The van der Waals surface area contributed by atoms with Crippen LogP contribution in [0.5, 0.6) is 0 Å². The zero-order valence-corrected chi connectivity index (χ0v) is 39.1. The van der Waals surface area contributed by atoms with Crippen LogP contribution in [0, 0.1) is 0 Å². The fourth-order valence-electron chi connectivity index (χ4n) is 8.61. The third kappa shape index (κ3) is 30.3. The first-order valence-electron chi connectivity index (χ1n) is 25.8. The molecular formula is C50H99NO9. The van der Waals surface area contributed by atoms with Gasteiger partial charge in [0.05, 0.1) is 25.4 Å². The molecule has 2 unspecified atom stereocenters. The van der Waals surface area contributed by atoms with Gasteiger partial charge in [-0.3, -0.25) is 4.79 Å². The number of hydrogen-bond acceptors (Lipinski definition) is 9. The van der Waals surface area contributed by atoms with Crippen LogP contribution in [-0.2, 0) is 14.3 Å². The largest absolute Gasteiger partial charge is 0.394 e. The van der Waals surface area contributed by atoms with Crippen molar-refractivity contribution in [2.24, 2.45) is 0 Å². The Hall–Kier alpha value is -0.850. The minimum absolute atomic E-state index is 0.252. The van der Waals surface area contributed by atoms with Gasteiger partial charge in [-0.25, -0.2) is 0 Å². The van der Waals surface area contributed by atoms with Crippen LogP contribution >= 0.6 is 0 Å². The number of nitrogens with one attached hydrogen (secondary N) is 1. The molecule has 0 aromatic heterocycles. The van der Waals surface area contributed by atoms with Gasteiger partial charge in [0.2, 0.25) is 5.91 Å². The minimum atomic E-state index is -1.60. The third-order valence-electron chi connectivity index (χ3n) is 12.8. The van der Waals surface area contributed by atoms with Gasteiger partial charge < -0.3 is 45.4 Å². The normalized spacial score (nSPS) is 21.0. The highest BCUT2D eigenvalue weighted by molar-refractivity contribution is 5.76. The van der Waals surface area contributed by atoms with Gasteiger partial charge >= 0.3 is 0 Å². The van der Waals surface area contributed by atoms with Gasteiger partial charge in [-0.2, -0.15) is 0 Å². The number of amides is 1. The first-order chi connectivity index (χ1) is 29.3. The Balaban J connectivity index is 2.26. The summed E-state index contributed by atoms with van der Waals surface area (Å²) in [4.78, 5) is 13.0. The Morgan fingerprint density at radius 3 is 1.23 bits per heavy atom. The zero-order chi connectivity index (χ0) is 43.9. The van der Waals surface area contributed by atoms with Gasteiger partial charge in [-0.15, -0.1) is 0 Å². The maximum Gasteiger partial charge on any atom is 0.220 e. The number of aliphatic hydroxyl groups is 6. The van der Waals surface area contributed by atoms with Crippen molar-refractivity contribution >= 4 is 5.91 Å². The summed E-state index contributed by atoms with van der Waals surface area (Å²) in [6.45, 7) is 3.63. The number of ether oxygens (including phenoxy) is 2. The minimum Gasteiger partial charge on any atom is -0.394 e. The van der Waals surface area contributed by atoms with Crippen LogP contribution in [0.3, 0.4) is 0 Å². The molecule has 1 aliphatic rings. The van der Waals surface area contributed by atoms with Gasteiger partial charge in [0.25, 0.3) is 0 Å². The topological polar surface area (TPSA) is 169 Å². The summed E-state index contributed by atoms with van der Waals surface area (Å²) in [5.74, 6) is -0.252. The van der Waals surface area contributed by atoms with Crippen LogP contribution in [0.4, 0.5) is 0 Å². The molecule has 1 heterocycles. The second-order valence-corrected chi connectivity index (χ2v) is 18.5. The Morgan fingerprint density at radius 2 is 0.867 bits per heavy atom. The summed E-state index contributed by atoms with van der Waals surface area (Å²) in [6.07, 6.45) is 35.5. The summed E-state index contributed by atoms with van der Waals surface area (Å²) in [5.41, 5.74) is 0. The lowest BCUT2D eigenvalue weighted by atomic mass is 9.98. The molecule has 7 N–H and O–H groups in total. The van der Waals surface area contributed by atoms with Gasteiger partial charge in [0, 0.05) is 6.42 Å². The van der Waals surface area contributed by atoms with Crippen molar-refractivity contribution in [3.8, 4) is 0 Å². The number of hydrogen-bond donors (Lipinski definition) is 7. The van der Waals surface area contributed by atoms with E-state index in [2.05, 4.69) is 19.2 Å². The van der Waals surface area contributed by atoms with E-state index in [-0.39, 0.29) is 18.9 Å². The highest BCUT2D eigenvalue weighted by atomic mass is 16.7. The summed E-state index contributed by atoms with van der Waals surface area (Å²) in [5, 5.41) is 65.3. The van der Waals surface area contributed by atoms with Gasteiger partial charge in [0.15, 0.2) is 6.29 Å². The molecule has 1 fully saturated rings. The number of rotatable bonds is 44. The van der Waals surface area contributed by atoms with E-state index in [1.54, 1.807) is 0 Å². The molecule has 0 aromatic rings. The Labute approximate surface area is 368 Å². The van der Waals surface area contributed by atoms with Crippen LogP contribution < -0.4 is 5.32 Å². The van der Waals surface area contributed by atoms with E-state index in [0.29, 0.717) is 6.42 Å². The molecule has 0 radical (unpaired) electrons. The van der Waals surface area contributed by atoms with E-state index < -0.39 is 55.6 Å². The van der Waals surface area contributed by atoms with E-state index >= 15 is 0 Å². The molecule has 10 nitrogen and oxygen atoms in total. The van der Waals surface area contributed by atoms with Crippen molar-refractivity contribution < 1.29 is 44.9 Å².